The van der Waals surface area contributed by atoms with Crippen molar-refractivity contribution in [3.8, 4) is 11.8 Å². The molecule has 2 N–H and O–H groups in total. The highest BCUT2D eigenvalue weighted by Crippen LogP contribution is 2.13. The molecular formula is C14H16N2O3. The summed E-state index contributed by atoms with van der Waals surface area (Å²) < 4.78 is 0. The average Bonchev–Trinajstić information content (AvgIpc) is 2.45. The summed E-state index contributed by atoms with van der Waals surface area (Å²) in [6.45, 7) is 0.904. The number of aliphatic hydroxyl groups is 2. The van der Waals surface area contributed by atoms with E-state index in [1.54, 1.807) is 17.2 Å². The van der Waals surface area contributed by atoms with Gasteiger partial charge in [-0.25, -0.2) is 0 Å². The van der Waals surface area contributed by atoms with Crippen LogP contribution in [0.5, 0.6) is 0 Å². The average molecular weight is 260 g/mol. The fourth-order valence-electron chi connectivity index (χ4n) is 2.02. The Morgan fingerprint density at radius 3 is 2.84 bits per heavy atom. The zero-order valence-corrected chi connectivity index (χ0v) is 10.5. The Hall–Kier alpha value is -1.90. The molecule has 1 fully saturated rings. The van der Waals surface area contributed by atoms with E-state index in [0.717, 1.165) is 0 Å². The molecule has 2 heterocycles. The molecule has 2 rings (SSSR count). The van der Waals surface area contributed by atoms with Crippen LogP contribution in [0.2, 0.25) is 0 Å². The lowest BCUT2D eigenvalue weighted by atomic mass is 10.1. The number of aliphatic hydroxyl groups excluding tert-OH is 2. The molecule has 5 nitrogen and oxygen atoms in total. The summed E-state index contributed by atoms with van der Waals surface area (Å²) >= 11 is 0. The van der Waals surface area contributed by atoms with Crippen molar-refractivity contribution in [2.45, 2.75) is 18.9 Å². The highest BCUT2D eigenvalue weighted by atomic mass is 16.3. The molecule has 1 saturated heterocycles. The van der Waals surface area contributed by atoms with E-state index in [1.165, 1.54) is 6.20 Å². The molecule has 0 saturated carbocycles. The third kappa shape index (κ3) is 3.53. The Kier molecular flexibility index (Phi) is 4.50. The van der Waals surface area contributed by atoms with Crippen molar-refractivity contribution in [3.63, 3.8) is 0 Å². The van der Waals surface area contributed by atoms with Crippen LogP contribution in [0, 0.1) is 11.8 Å². The number of hydrogen-bond donors (Lipinski definition) is 2. The summed E-state index contributed by atoms with van der Waals surface area (Å²) in [6.07, 6.45) is 3.99. The third-order valence-electron chi connectivity index (χ3n) is 3.05. The molecule has 0 aromatic carbocycles. The third-order valence-corrected chi connectivity index (χ3v) is 3.05. The van der Waals surface area contributed by atoms with Gasteiger partial charge < -0.3 is 15.1 Å². The van der Waals surface area contributed by atoms with Gasteiger partial charge in [-0.1, -0.05) is 11.8 Å². The van der Waals surface area contributed by atoms with Gasteiger partial charge in [0, 0.05) is 31.0 Å². The van der Waals surface area contributed by atoms with Crippen LogP contribution in [0.15, 0.2) is 18.5 Å². The summed E-state index contributed by atoms with van der Waals surface area (Å²) in [5, 5.41) is 18.1. The number of likely N-dealkylation sites (tertiary alicyclic amines) is 1. The summed E-state index contributed by atoms with van der Waals surface area (Å²) in [5.74, 6) is 5.16. The molecule has 0 spiro atoms. The number of carbonyl (C=O) groups is 1. The topological polar surface area (TPSA) is 73.7 Å². The van der Waals surface area contributed by atoms with Gasteiger partial charge in [-0.05, 0) is 18.9 Å². The van der Waals surface area contributed by atoms with Gasteiger partial charge in [0.1, 0.15) is 6.61 Å². The lowest BCUT2D eigenvalue weighted by molar-refractivity contribution is 0.0546. The van der Waals surface area contributed by atoms with E-state index in [-0.39, 0.29) is 18.6 Å². The maximum Gasteiger partial charge on any atom is 0.255 e. The zero-order valence-electron chi connectivity index (χ0n) is 10.5. The number of piperidine rings is 1. The van der Waals surface area contributed by atoms with Crippen molar-refractivity contribution in [1.29, 1.82) is 0 Å². The molecule has 0 radical (unpaired) electrons. The lowest BCUT2D eigenvalue weighted by Gasteiger charge is -2.29. The van der Waals surface area contributed by atoms with Gasteiger partial charge in [-0.15, -0.1) is 0 Å². The number of rotatable bonds is 1. The Labute approximate surface area is 111 Å². The highest BCUT2D eigenvalue weighted by Gasteiger charge is 2.22. The molecule has 1 aromatic heterocycles. The second-order valence-electron chi connectivity index (χ2n) is 4.45. The summed E-state index contributed by atoms with van der Waals surface area (Å²) in [5.41, 5.74) is 1.10. The number of aromatic nitrogens is 1. The van der Waals surface area contributed by atoms with Gasteiger partial charge in [0.25, 0.3) is 5.91 Å². The molecule has 1 aliphatic heterocycles. The molecule has 0 bridgehead atoms. The van der Waals surface area contributed by atoms with Crippen LogP contribution < -0.4 is 0 Å². The molecule has 1 amide bonds. The normalized spacial score (nSPS) is 15.8. The first kappa shape index (κ1) is 13.5. The van der Waals surface area contributed by atoms with Crippen LogP contribution in [-0.4, -0.2) is 51.8 Å². The minimum atomic E-state index is -0.302. The Morgan fingerprint density at radius 2 is 2.16 bits per heavy atom. The SMILES string of the molecule is O=C(c1cncc(C#CCO)c1)N1CCC(O)CC1. The molecule has 1 aromatic rings. The summed E-state index contributed by atoms with van der Waals surface area (Å²) in [7, 11) is 0. The van der Waals surface area contributed by atoms with Crippen LogP contribution in [0.1, 0.15) is 28.8 Å². The largest absolute Gasteiger partial charge is 0.393 e. The quantitative estimate of drug-likeness (QED) is 0.698. The number of nitrogens with zero attached hydrogens (tertiary/aromatic N) is 2. The Morgan fingerprint density at radius 1 is 1.42 bits per heavy atom. The van der Waals surface area contributed by atoms with E-state index in [2.05, 4.69) is 16.8 Å². The standard InChI is InChI=1S/C14H16N2O3/c17-7-1-2-11-8-12(10-15-9-11)14(19)16-5-3-13(18)4-6-16/h8-10,13,17-18H,3-7H2. The van der Waals surface area contributed by atoms with Crippen LogP contribution in [0.25, 0.3) is 0 Å². The van der Waals surface area contributed by atoms with Crippen molar-refractivity contribution < 1.29 is 15.0 Å². The minimum Gasteiger partial charge on any atom is -0.393 e. The number of hydrogen-bond acceptors (Lipinski definition) is 4. The Balaban J connectivity index is 2.10. The monoisotopic (exact) mass is 260 g/mol. The first-order valence-corrected chi connectivity index (χ1v) is 6.23. The molecule has 5 heteroatoms. The first-order chi connectivity index (χ1) is 9.20. The van der Waals surface area contributed by atoms with E-state index >= 15 is 0 Å². The molecule has 0 unspecified atom stereocenters. The van der Waals surface area contributed by atoms with Gasteiger partial charge in [-0.2, -0.15) is 0 Å². The molecule has 0 atom stereocenters. The van der Waals surface area contributed by atoms with Gasteiger partial charge in [0.15, 0.2) is 0 Å². The smallest absolute Gasteiger partial charge is 0.255 e. The second-order valence-corrected chi connectivity index (χ2v) is 4.45. The van der Waals surface area contributed by atoms with Gasteiger partial charge in [-0.3, -0.25) is 9.78 Å². The molecule has 0 aliphatic carbocycles. The molecule has 1 aliphatic rings. The molecular weight excluding hydrogens is 244 g/mol. The van der Waals surface area contributed by atoms with Crippen molar-refractivity contribution >= 4 is 5.91 Å². The van der Waals surface area contributed by atoms with Crippen molar-refractivity contribution in [1.82, 2.24) is 9.88 Å². The van der Waals surface area contributed by atoms with Crippen molar-refractivity contribution in [2.75, 3.05) is 19.7 Å². The van der Waals surface area contributed by atoms with Crippen LogP contribution in [0.3, 0.4) is 0 Å². The van der Waals surface area contributed by atoms with Crippen LogP contribution in [-0.2, 0) is 0 Å². The maximum absolute atomic E-state index is 12.2. The highest BCUT2D eigenvalue weighted by molar-refractivity contribution is 5.94. The lowest BCUT2D eigenvalue weighted by Crippen LogP contribution is -2.40. The molecule has 100 valence electrons. The second kappa shape index (κ2) is 6.32. The summed E-state index contributed by atoms with van der Waals surface area (Å²) in [6, 6.07) is 1.67. The van der Waals surface area contributed by atoms with Crippen LogP contribution >= 0.6 is 0 Å². The Bertz CT molecular complexity index is 511. The van der Waals surface area contributed by atoms with Gasteiger partial charge in [0.2, 0.25) is 0 Å². The van der Waals surface area contributed by atoms with E-state index in [4.69, 9.17) is 5.11 Å². The van der Waals surface area contributed by atoms with E-state index in [0.29, 0.717) is 37.1 Å². The van der Waals surface area contributed by atoms with E-state index in [9.17, 15) is 9.90 Å². The number of carbonyl (C=O) groups excluding carboxylic acids is 1. The zero-order chi connectivity index (χ0) is 13.7. The van der Waals surface area contributed by atoms with Crippen molar-refractivity contribution in [2.24, 2.45) is 0 Å². The van der Waals surface area contributed by atoms with Gasteiger partial charge >= 0.3 is 0 Å². The minimum absolute atomic E-state index is 0.0907. The predicted molar refractivity (Wildman–Crippen MR) is 69.3 cm³/mol. The fourth-order valence-corrected chi connectivity index (χ4v) is 2.02. The van der Waals surface area contributed by atoms with E-state index in [1.807, 2.05) is 0 Å². The predicted octanol–water partition coefficient (Wildman–Crippen LogP) is 0.0223. The van der Waals surface area contributed by atoms with Gasteiger partial charge in [0.05, 0.1) is 11.7 Å². The molecule has 19 heavy (non-hydrogen) atoms. The number of amides is 1. The fraction of sp³-hybridized carbons (Fsp3) is 0.429. The van der Waals surface area contributed by atoms with Crippen molar-refractivity contribution in [3.05, 3.63) is 29.6 Å². The summed E-state index contributed by atoms with van der Waals surface area (Å²) in [4.78, 5) is 17.9. The first-order valence-electron chi connectivity index (χ1n) is 6.23. The number of pyridine rings is 1. The van der Waals surface area contributed by atoms with E-state index < -0.39 is 0 Å². The maximum atomic E-state index is 12.2. The van der Waals surface area contributed by atoms with Crippen LogP contribution in [0.4, 0.5) is 0 Å².